The van der Waals surface area contributed by atoms with Gasteiger partial charge in [-0.2, -0.15) is 0 Å². The molecule has 88 valence electrons. The summed E-state index contributed by atoms with van der Waals surface area (Å²) < 4.78 is 5.41. The van der Waals surface area contributed by atoms with E-state index in [2.05, 4.69) is 10.2 Å². The molecule has 1 aromatic heterocycles. The van der Waals surface area contributed by atoms with Crippen LogP contribution in [0.1, 0.15) is 11.5 Å². The number of rotatable bonds is 5. The van der Waals surface area contributed by atoms with E-state index < -0.39 is 0 Å². The van der Waals surface area contributed by atoms with Crippen molar-refractivity contribution in [3.8, 4) is 0 Å². The van der Waals surface area contributed by atoms with Gasteiger partial charge in [0.05, 0.1) is 0 Å². The minimum Gasteiger partial charge on any atom is -0.412 e. The minimum absolute atomic E-state index is 0.508. The van der Waals surface area contributed by atoms with Crippen LogP contribution in [0.5, 0.6) is 0 Å². The second kappa shape index (κ2) is 6.22. The van der Waals surface area contributed by atoms with Crippen molar-refractivity contribution >= 4 is 23.9 Å². The molecule has 0 atom stereocenters. The highest BCUT2D eigenvalue weighted by Crippen LogP contribution is 2.16. The van der Waals surface area contributed by atoms with Gasteiger partial charge in [0.25, 0.3) is 5.22 Å². The number of nitrogens with zero attached hydrogens (tertiary/aromatic N) is 2. The second-order valence-electron chi connectivity index (χ2n) is 3.29. The molecule has 0 unspecified atom stereocenters. The Kier molecular flexibility index (Phi) is 4.35. The van der Waals surface area contributed by atoms with Crippen molar-refractivity contribution in [3.05, 3.63) is 41.8 Å². The highest BCUT2D eigenvalue weighted by atomic mass is 32.2. The molecule has 0 aliphatic carbocycles. The van der Waals surface area contributed by atoms with Gasteiger partial charge in [0, 0.05) is 18.4 Å². The average molecular weight is 247 g/mol. The number of nitrogens with two attached hydrogens (primary N) is 1. The maximum absolute atomic E-state index is 5.41. The Morgan fingerprint density at radius 3 is 2.76 bits per heavy atom. The molecule has 0 spiro atoms. The van der Waals surface area contributed by atoms with Crippen LogP contribution in [-0.2, 0) is 0 Å². The van der Waals surface area contributed by atoms with Gasteiger partial charge < -0.3 is 10.2 Å². The highest BCUT2D eigenvalue weighted by molar-refractivity contribution is 7.99. The van der Waals surface area contributed by atoms with Crippen LogP contribution in [0, 0.1) is 0 Å². The molecular formula is C12H13N3OS. The van der Waals surface area contributed by atoms with E-state index in [1.54, 1.807) is 6.08 Å². The van der Waals surface area contributed by atoms with Crippen molar-refractivity contribution in [2.24, 2.45) is 5.73 Å². The van der Waals surface area contributed by atoms with Crippen LogP contribution in [0.2, 0.25) is 0 Å². The largest absolute Gasteiger partial charge is 0.412 e. The van der Waals surface area contributed by atoms with E-state index in [0.29, 0.717) is 17.7 Å². The number of thioether (sulfide) groups is 1. The lowest BCUT2D eigenvalue weighted by molar-refractivity contribution is 0.446. The molecule has 0 aliphatic rings. The number of hydrogen-bond donors (Lipinski definition) is 1. The first kappa shape index (κ1) is 11.9. The lowest BCUT2D eigenvalue weighted by Gasteiger charge is -1.90. The standard InChI is InChI=1S/C12H13N3OS/c13-8-9-17-12-15-14-11(16-12)7-6-10-4-2-1-3-5-10/h1-7H,8-9,13H2/b7-6+. The lowest BCUT2D eigenvalue weighted by Crippen LogP contribution is -2.00. The number of benzene rings is 1. The summed E-state index contributed by atoms with van der Waals surface area (Å²) in [5.41, 5.74) is 6.49. The SMILES string of the molecule is NCCSc1nnc(/C=C/c2ccccc2)o1. The molecule has 17 heavy (non-hydrogen) atoms. The molecule has 0 fully saturated rings. The maximum Gasteiger partial charge on any atom is 0.276 e. The van der Waals surface area contributed by atoms with E-state index in [4.69, 9.17) is 10.2 Å². The van der Waals surface area contributed by atoms with Crippen molar-refractivity contribution in [1.29, 1.82) is 0 Å². The topological polar surface area (TPSA) is 64.9 Å². The molecule has 2 rings (SSSR count). The first-order valence-corrected chi connectivity index (χ1v) is 6.26. The van der Waals surface area contributed by atoms with Crippen molar-refractivity contribution < 1.29 is 4.42 Å². The molecule has 0 saturated carbocycles. The summed E-state index contributed by atoms with van der Waals surface area (Å²) in [5.74, 6) is 1.29. The third-order valence-corrected chi connectivity index (χ3v) is 2.84. The van der Waals surface area contributed by atoms with Crippen molar-refractivity contribution in [2.75, 3.05) is 12.3 Å². The molecular weight excluding hydrogens is 234 g/mol. The fourth-order valence-electron chi connectivity index (χ4n) is 1.22. The van der Waals surface area contributed by atoms with Crippen LogP contribution in [0.15, 0.2) is 40.0 Å². The highest BCUT2D eigenvalue weighted by Gasteiger charge is 2.02. The molecule has 0 amide bonds. The van der Waals surface area contributed by atoms with Gasteiger partial charge in [-0.1, -0.05) is 42.1 Å². The van der Waals surface area contributed by atoms with E-state index in [1.807, 2.05) is 36.4 Å². The molecule has 5 heteroatoms. The minimum atomic E-state index is 0.508. The summed E-state index contributed by atoms with van der Waals surface area (Å²) in [6, 6.07) is 9.96. The number of hydrogen-bond acceptors (Lipinski definition) is 5. The molecule has 1 aromatic carbocycles. The summed E-state index contributed by atoms with van der Waals surface area (Å²) >= 11 is 1.46. The first-order valence-electron chi connectivity index (χ1n) is 5.28. The molecule has 1 heterocycles. The van der Waals surface area contributed by atoms with Crippen LogP contribution in [0.4, 0.5) is 0 Å². The van der Waals surface area contributed by atoms with Crippen molar-refractivity contribution in [3.63, 3.8) is 0 Å². The van der Waals surface area contributed by atoms with Crippen LogP contribution < -0.4 is 5.73 Å². The number of aromatic nitrogens is 2. The molecule has 0 aliphatic heterocycles. The average Bonchev–Trinajstić information content (AvgIpc) is 2.83. The van der Waals surface area contributed by atoms with Gasteiger partial charge in [-0.05, 0) is 11.6 Å². The Morgan fingerprint density at radius 1 is 1.18 bits per heavy atom. The third-order valence-electron chi connectivity index (χ3n) is 1.98. The zero-order chi connectivity index (χ0) is 11.9. The Hall–Kier alpha value is -1.59. The summed E-state index contributed by atoms with van der Waals surface area (Å²) in [6.07, 6.45) is 3.74. The third kappa shape index (κ3) is 3.72. The van der Waals surface area contributed by atoms with E-state index in [0.717, 1.165) is 11.3 Å². The first-order chi connectivity index (χ1) is 8.38. The fourth-order valence-corrected chi connectivity index (χ4v) is 1.76. The Balaban J connectivity index is 1.99. The van der Waals surface area contributed by atoms with E-state index in [-0.39, 0.29) is 0 Å². The molecule has 0 saturated heterocycles. The van der Waals surface area contributed by atoms with E-state index in [9.17, 15) is 0 Å². The monoisotopic (exact) mass is 247 g/mol. The van der Waals surface area contributed by atoms with Gasteiger partial charge in [-0.15, -0.1) is 10.2 Å². The van der Waals surface area contributed by atoms with Crippen molar-refractivity contribution in [2.45, 2.75) is 5.22 Å². The summed E-state index contributed by atoms with van der Waals surface area (Å²) in [7, 11) is 0. The molecule has 2 N–H and O–H groups in total. The van der Waals surface area contributed by atoms with Crippen LogP contribution in [0.3, 0.4) is 0 Å². The zero-order valence-electron chi connectivity index (χ0n) is 9.24. The van der Waals surface area contributed by atoms with Gasteiger partial charge in [0.1, 0.15) is 0 Å². The lowest BCUT2D eigenvalue weighted by atomic mass is 10.2. The normalized spacial score (nSPS) is 11.1. The summed E-state index contributed by atoms with van der Waals surface area (Å²) in [6.45, 7) is 0.599. The molecule has 4 nitrogen and oxygen atoms in total. The Morgan fingerprint density at radius 2 is 2.00 bits per heavy atom. The second-order valence-corrected chi connectivity index (χ2v) is 4.33. The fraction of sp³-hybridized carbons (Fsp3) is 0.167. The zero-order valence-corrected chi connectivity index (χ0v) is 10.1. The molecule has 0 radical (unpaired) electrons. The summed E-state index contributed by atoms with van der Waals surface area (Å²) in [5, 5.41) is 8.38. The molecule has 0 bridgehead atoms. The predicted molar refractivity (Wildman–Crippen MR) is 69.4 cm³/mol. The molecule has 2 aromatic rings. The van der Waals surface area contributed by atoms with E-state index >= 15 is 0 Å². The maximum atomic E-state index is 5.41. The van der Waals surface area contributed by atoms with Crippen molar-refractivity contribution in [1.82, 2.24) is 10.2 Å². The van der Waals surface area contributed by atoms with Gasteiger partial charge >= 0.3 is 0 Å². The van der Waals surface area contributed by atoms with Gasteiger partial charge in [-0.25, -0.2) is 0 Å². The van der Waals surface area contributed by atoms with Gasteiger partial charge in [0.2, 0.25) is 5.89 Å². The Labute approximate surface area is 104 Å². The smallest absolute Gasteiger partial charge is 0.276 e. The quantitative estimate of drug-likeness (QED) is 0.821. The van der Waals surface area contributed by atoms with Crippen LogP contribution in [-0.4, -0.2) is 22.5 Å². The summed E-state index contributed by atoms with van der Waals surface area (Å²) in [4.78, 5) is 0. The Bertz CT molecular complexity index is 482. The van der Waals surface area contributed by atoms with Gasteiger partial charge in [-0.3, -0.25) is 0 Å². The van der Waals surface area contributed by atoms with Gasteiger partial charge in [0.15, 0.2) is 0 Å². The van der Waals surface area contributed by atoms with Crippen LogP contribution in [0.25, 0.3) is 12.2 Å². The van der Waals surface area contributed by atoms with Crippen LogP contribution >= 0.6 is 11.8 Å². The van der Waals surface area contributed by atoms with E-state index in [1.165, 1.54) is 11.8 Å². The predicted octanol–water partition coefficient (Wildman–Crippen LogP) is 2.29.